The average molecular weight is 214 g/mol. The summed E-state index contributed by atoms with van der Waals surface area (Å²) in [6.45, 7) is 3.95. The van der Waals surface area contributed by atoms with Gasteiger partial charge in [-0.3, -0.25) is 4.79 Å². The minimum absolute atomic E-state index is 0.0391. The van der Waals surface area contributed by atoms with Crippen LogP contribution in [0.5, 0.6) is 0 Å². The summed E-state index contributed by atoms with van der Waals surface area (Å²) < 4.78 is 0. The molecule has 0 saturated heterocycles. The third-order valence-corrected chi connectivity index (χ3v) is 3.54. The normalized spacial score (nSPS) is 25.8. The topological polar surface area (TPSA) is 37.3 Å². The lowest BCUT2D eigenvalue weighted by atomic mass is 9.98. The molecule has 0 aliphatic heterocycles. The molecule has 0 unspecified atom stereocenters. The highest BCUT2D eigenvalue weighted by molar-refractivity contribution is 5.78. The molecule has 16 heavy (non-hydrogen) atoms. The summed E-state index contributed by atoms with van der Waals surface area (Å²) >= 11 is 0. The van der Waals surface area contributed by atoms with Crippen molar-refractivity contribution in [2.75, 3.05) is 0 Å². The van der Waals surface area contributed by atoms with Crippen LogP contribution in [-0.2, 0) is 4.79 Å². The number of rotatable bonds is 2. The van der Waals surface area contributed by atoms with Crippen molar-refractivity contribution in [1.82, 2.24) is 0 Å². The monoisotopic (exact) mass is 214 g/mol. The summed E-state index contributed by atoms with van der Waals surface area (Å²) in [5.74, 6) is 1.61. The Balaban J connectivity index is 2.42. The van der Waals surface area contributed by atoms with Gasteiger partial charge in [-0.15, -0.1) is 6.42 Å². The summed E-state index contributed by atoms with van der Waals surface area (Å²) in [5, 5.41) is 9.13. The predicted molar refractivity (Wildman–Crippen MR) is 62.0 cm³/mol. The van der Waals surface area contributed by atoms with Crippen LogP contribution in [0.1, 0.15) is 30.9 Å². The van der Waals surface area contributed by atoms with Crippen molar-refractivity contribution in [3.05, 3.63) is 35.4 Å². The third kappa shape index (κ3) is 1.40. The lowest BCUT2D eigenvalue weighted by molar-refractivity contribution is -0.139. The van der Waals surface area contributed by atoms with Crippen LogP contribution in [-0.4, -0.2) is 11.1 Å². The van der Waals surface area contributed by atoms with Crippen LogP contribution in [0.15, 0.2) is 24.3 Å². The maximum Gasteiger partial charge on any atom is 0.307 e. The molecule has 0 spiro atoms. The minimum atomic E-state index is -0.734. The van der Waals surface area contributed by atoms with Gasteiger partial charge in [-0.2, -0.15) is 0 Å². The first-order chi connectivity index (χ1) is 7.50. The molecule has 1 aromatic carbocycles. The Bertz CT molecular complexity index is 480. The molecule has 1 fully saturated rings. The van der Waals surface area contributed by atoms with Crippen LogP contribution in [0, 0.1) is 23.7 Å². The van der Waals surface area contributed by atoms with Crippen LogP contribution >= 0.6 is 0 Å². The first-order valence-corrected chi connectivity index (χ1v) is 5.28. The van der Waals surface area contributed by atoms with Gasteiger partial charge in [-0.25, -0.2) is 0 Å². The number of hydrogen-bond acceptors (Lipinski definition) is 1. The largest absolute Gasteiger partial charge is 0.481 e. The number of terminal acetylenes is 1. The van der Waals surface area contributed by atoms with Crippen LogP contribution in [0.2, 0.25) is 0 Å². The van der Waals surface area contributed by atoms with Gasteiger partial charge in [0.05, 0.1) is 5.92 Å². The van der Waals surface area contributed by atoms with Crippen molar-refractivity contribution < 1.29 is 9.90 Å². The maximum atomic E-state index is 11.1. The molecule has 1 aromatic rings. The highest BCUT2D eigenvalue weighted by Crippen LogP contribution is 2.64. The number of hydrogen-bond donors (Lipinski definition) is 1. The van der Waals surface area contributed by atoms with Crippen LogP contribution in [0.25, 0.3) is 0 Å². The van der Waals surface area contributed by atoms with E-state index in [1.807, 2.05) is 38.1 Å². The van der Waals surface area contributed by atoms with Crippen molar-refractivity contribution in [2.45, 2.75) is 19.8 Å². The number of carbonyl (C=O) groups is 1. The lowest BCUT2D eigenvalue weighted by Crippen LogP contribution is -2.03. The second-order valence-corrected chi connectivity index (χ2v) is 4.85. The molecule has 2 nitrogen and oxygen atoms in total. The van der Waals surface area contributed by atoms with Crippen molar-refractivity contribution in [1.29, 1.82) is 0 Å². The Morgan fingerprint density at radius 3 is 2.56 bits per heavy atom. The first kappa shape index (κ1) is 10.8. The van der Waals surface area contributed by atoms with E-state index in [4.69, 9.17) is 11.5 Å². The second-order valence-electron chi connectivity index (χ2n) is 4.85. The number of aliphatic carboxylic acids is 1. The van der Waals surface area contributed by atoms with Gasteiger partial charge in [0.1, 0.15) is 0 Å². The molecule has 82 valence electrons. The van der Waals surface area contributed by atoms with Crippen molar-refractivity contribution in [2.24, 2.45) is 11.3 Å². The molecule has 2 rings (SSSR count). The average Bonchev–Trinajstić information content (AvgIpc) is 2.81. The van der Waals surface area contributed by atoms with E-state index in [0.717, 1.165) is 11.1 Å². The molecule has 0 aromatic heterocycles. The Labute approximate surface area is 95.3 Å². The quantitative estimate of drug-likeness (QED) is 0.768. The van der Waals surface area contributed by atoms with E-state index in [9.17, 15) is 4.79 Å². The Morgan fingerprint density at radius 2 is 2.06 bits per heavy atom. The van der Waals surface area contributed by atoms with Crippen molar-refractivity contribution >= 4 is 5.97 Å². The van der Waals surface area contributed by atoms with Crippen LogP contribution in [0.3, 0.4) is 0 Å². The molecule has 0 bridgehead atoms. The summed E-state index contributed by atoms with van der Waals surface area (Å²) in [5.41, 5.74) is 1.60. The number of carboxylic acids is 1. The number of benzene rings is 1. The zero-order chi connectivity index (χ0) is 11.9. The summed E-state index contributed by atoms with van der Waals surface area (Å²) in [6, 6.07) is 7.58. The molecule has 1 aliphatic rings. The standard InChI is InChI=1S/C14H14O2/c1-4-9-7-5-6-8-10(9)11-12(13(15)16)14(11,2)3/h1,5-8,11-12H,2-3H3,(H,15,16)/t11-,12+/m0/s1. The molecular weight excluding hydrogens is 200 g/mol. The van der Waals surface area contributed by atoms with Gasteiger partial charge in [0.2, 0.25) is 0 Å². The lowest BCUT2D eigenvalue weighted by Gasteiger charge is -2.05. The Hall–Kier alpha value is -1.75. The predicted octanol–water partition coefficient (Wildman–Crippen LogP) is 2.49. The molecule has 2 heteroatoms. The second kappa shape index (κ2) is 3.38. The van der Waals surface area contributed by atoms with E-state index >= 15 is 0 Å². The van der Waals surface area contributed by atoms with Crippen molar-refractivity contribution in [3.8, 4) is 12.3 Å². The first-order valence-electron chi connectivity index (χ1n) is 5.28. The van der Waals surface area contributed by atoms with Crippen LogP contribution < -0.4 is 0 Å². The van der Waals surface area contributed by atoms with E-state index < -0.39 is 5.97 Å². The summed E-state index contributed by atoms with van der Waals surface area (Å²) in [6.07, 6.45) is 5.43. The fourth-order valence-corrected chi connectivity index (χ4v) is 2.58. The summed E-state index contributed by atoms with van der Waals surface area (Å²) in [4.78, 5) is 11.1. The molecular formula is C14H14O2. The summed E-state index contributed by atoms with van der Waals surface area (Å²) in [7, 11) is 0. The van der Waals surface area contributed by atoms with E-state index in [0.29, 0.717) is 0 Å². The number of carboxylic acid groups (broad SMARTS) is 1. The van der Waals surface area contributed by atoms with Gasteiger partial charge in [0.15, 0.2) is 0 Å². The van der Waals surface area contributed by atoms with Gasteiger partial charge in [-0.1, -0.05) is 38.0 Å². The third-order valence-electron chi connectivity index (χ3n) is 3.54. The van der Waals surface area contributed by atoms with E-state index in [-0.39, 0.29) is 17.3 Å². The molecule has 2 atom stereocenters. The molecule has 1 N–H and O–H groups in total. The molecule has 0 heterocycles. The van der Waals surface area contributed by atoms with Gasteiger partial charge in [0.25, 0.3) is 0 Å². The maximum absolute atomic E-state index is 11.1. The van der Waals surface area contributed by atoms with Gasteiger partial charge in [-0.05, 0) is 17.0 Å². The van der Waals surface area contributed by atoms with E-state index in [2.05, 4.69) is 5.92 Å². The van der Waals surface area contributed by atoms with E-state index in [1.54, 1.807) is 0 Å². The highest BCUT2D eigenvalue weighted by Gasteiger charge is 2.63. The fraction of sp³-hybridized carbons (Fsp3) is 0.357. The fourth-order valence-electron chi connectivity index (χ4n) is 2.58. The minimum Gasteiger partial charge on any atom is -0.481 e. The molecule has 0 amide bonds. The highest BCUT2D eigenvalue weighted by atomic mass is 16.4. The van der Waals surface area contributed by atoms with Gasteiger partial charge < -0.3 is 5.11 Å². The molecule has 1 saturated carbocycles. The van der Waals surface area contributed by atoms with Gasteiger partial charge >= 0.3 is 5.97 Å². The van der Waals surface area contributed by atoms with Gasteiger partial charge in [0, 0.05) is 11.5 Å². The molecule has 1 aliphatic carbocycles. The van der Waals surface area contributed by atoms with Crippen molar-refractivity contribution in [3.63, 3.8) is 0 Å². The Morgan fingerprint density at radius 1 is 1.44 bits per heavy atom. The SMILES string of the molecule is C#Cc1ccccc1[C@H]1[C@H](C(=O)O)C1(C)C. The Kier molecular flexibility index (Phi) is 2.27. The zero-order valence-electron chi connectivity index (χ0n) is 9.40. The molecule has 0 radical (unpaired) electrons. The van der Waals surface area contributed by atoms with Crippen LogP contribution in [0.4, 0.5) is 0 Å². The smallest absolute Gasteiger partial charge is 0.307 e. The van der Waals surface area contributed by atoms with E-state index in [1.165, 1.54) is 0 Å². The zero-order valence-corrected chi connectivity index (χ0v) is 9.40.